The number of nitrogens with one attached hydrogen (secondary N) is 1. The molecule has 0 bridgehead atoms. The molecule has 0 fully saturated rings. The van der Waals surface area contributed by atoms with Gasteiger partial charge in [0.15, 0.2) is 5.82 Å². The number of aromatic amines is 1. The second-order valence-electron chi connectivity index (χ2n) is 4.49. The zero-order chi connectivity index (χ0) is 15.0. The number of H-pyrrole nitrogens is 1. The number of aromatic nitrogens is 2. The second kappa shape index (κ2) is 5.94. The van der Waals surface area contributed by atoms with Gasteiger partial charge in [-0.2, -0.15) is 5.10 Å². The van der Waals surface area contributed by atoms with Gasteiger partial charge in [0, 0.05) is 19.0 Å². The van der Waals surface area contributed by atoms with E-state index in [-0.39, 0.29) is 0 Å². The molecule has 6 heteroatoms. The highest BCUT2D eigenvalue weighted by Crippen LogP contribution is 2.39. The van der Waals surface area contributed by atoms with E-state index in [0.717, 1.165) is 35.8 Å². The normalized spacial score (nSPS) is 10.8. The van der Waals surface area contributed by atoms with Gasteiger partial charge in [0.1, 0.15) is 0 Å². The van der Waals surface area contributed by atoms with Gasteiger partial charge in [0.05, 0.1) is 11.3 Å². The summed E-state index contributed by atoms with van der Waals surface area (Å²) in [5.74, 6) is 0.481. The maximum Gasteiger partial charge on any atom is 0.153 e. The fourth-order valence-electron chi connectivity index (χ4n) is 2.18. The Morgan fingerprint density at radius 1 is 0.952 bits per heavy atom. The summed E-state index contributed by atoms with van der Waals surface area (Å²) in [6, 6.07) is 14.0. The van der Waals surface area contributed by atoms with Gasteiger partial charge >= 0.3 is 0 Å². The van der Waals surface area contributed by atoms with E-state index in [1.807, 2.05) is 42.5 Å². The molecule has 2 aromatic carbocycles. The van der Waals surface area contributed by atoms with Crippen molar-refractivity contribution in [2.45, 2.75) is 0 Å². The predicted octanol–water partition coefficient (Wildman–Crippen LogP) is 5.61. The van der Waals surface area contributed by atoms with Crippen molar-refractivity contribution in [3.63, 3.8) is 0 Å². The van der Waals surface area contributed by atoms with Crippen molar-refractivity contribution in [3.05, 3.63) is 55.9 Å². The first-order valence-electron chi connectivity index (χ1n) is 6.11. The lowest BCUT2D eigenvalue weighted by Gasteiger charge is -2.08. The lowest BCUT2D eigenvalue weighted by Crippen LogP contribution is -1.89. The third-order valence-electron chi connectivity index (χ3n) is 3.11. The molecule has 3 nitrogen and oxygen atoms in total. The summed E-state index contributed by atoms with van der Waals surface area (Å²) in [5.41, 5.74) is 9.87. The fraction of sp³-hybridized carbons (Fsp3) is 0. The summed E-state index contributed by atoms with van der Waals surface area (Å²) in [4.78, 5) is 0. The first-order valence-corrected chi connectivity index (χ1v) is 8.49. The van der Waals surface area contributed by atoms with Crippen LogP contribution in [0, 0.1) is 0 Å². The maximum atomic E-state index is 6.06. The van der Waals surface area contributed by atoms with Crippen LogP contribution in [-0.2, 0) is 0 Å². The molecule has 0 spiro atoms. The van der Waals surface area contributed by atoms with E-state index in [0.29, 0.717) is 5.82 Å². The lowest BCUT2D eigenvalue weighted by atomic mass is 10.0. The maximum absolute atomic E-state index is 6.06. The van der Waals surface area contributed by atoms with Crippen molar-refractivity contribution in [1.82, 2.24) is 10.2 Å². The number of hydrogen-bond donors (Lipinski definition) is 2. The van der Waals surface area contributed by atoms with E-state index in [2.05, 4.69) is 58.0 Å². The summed E-state index contributed by atoms with van der Waals surface area (Å²) in [7, 11) is 0. The van der Waals surface area contributed by atoms with Crippen LogP contribution in [0.3, 0.4) is 0 Å². The molecule has 1 heterocycles. The zero-order valence-corrected chi connectivity index (χ0v) is 15.5. The Bertz CT molecular complexity index is 812. The summed E-state index contributed by atoms with van der Waals surface area (Å²) < 4.78 is 2.97. The fourth-order valence-corrected chi connectivity index (χ4v) is 3.38. The third-order valence-corrected chi connectivity index (χ3v) is 4.78. The van der Waals surface area contributed by atoms with Crippen molar-refractivity contribution in [2.75, 3.05) is 5.73 Å². The van der Waals surface area contributed by atoms with Crippen LogP contribution in [0.25, 0.3) is 22.4 Å². The number of anilines is 1. The van der Waals surface area contributed by atoms with E-state index in [1.165, 1.54) is 0 Å². The van der Waals surface area contributed by atoms with Gasteiger partial charge in [-0.25, -0.2) is 0 Å². The molecule has 0 aliphatic rings. The van der Waals surface area contributed by atoms with E-state index in [1.54, 1.807) is 0 Å². The average Bonchev–Trinajstić information content (AvgIpc) is 2.83. The Morgan fingerprint density at radius 3 is 2.48 bits per heavy atom. The molecule has 21 heavy (non-hydrogen) atoms. The van der Waals surface area contributed by atoms with Gasteiger partial charge in [-0.15, -0.1) is 0 Å². The van der Waals surface area contributed by atoms with Gasteiger partial charge in [0.25, 0.3) is 0 Å². The van der Waals surface area contributed by atoms with Crippen molar-refractivity contribution < 1.29 is 0 Å². The highest BCUT2D eigenvalue weighted by atomic mass is 79.9. The summed E-state index contributed by atoms with van der Waals surface area (Å²) >= 11 is 10.6. The average molecular weight is 472 g/mol. The minimum atomic E-state index is 0.481. The van der Waals surface area contributed by atoms with Crippen LogP contribution >= 0.6 is 47.8 Å². The van der Waals surface area contributed by atoms with Crippen molar-refractivity contribution in [1.29, 1.82) is 0 Å². The second-order valence-corrected chi connectivity index (χ2v) is 7.18. The van der Waals surface area contributed by atoms with Crippen LogP contribution in [-0.4, -0.2) is 10.2 Å². The van der Waals surface area contributed by atoms with E-state index < -0.39 is 0 Å². The van der Waals surface area contributed by atoms with Crippen LogP contribution in [0.2, 0.25) is 0 Å². The molecule has 0 atom stereocenters. The number of hydrogen-bond acceptors (Lipinski definition) is 2. The zero-order valence-electron chi connectivity index (χ0n) is 10.7. The molecule has 3 N–H and O–H groups in total. The third kappa shape index (κ3) is 2.93. The van der Waals surface area contributed by atoms with Crippen molar-refractivity contribution in [2.24, 2.45) is 0 Å². The highest BCUT2D eigenvalue weighted by molar-refractivity contribution is 9.11. The first kappa shape index (κ1) is 14.8. The Balaban J connectivity index is 2.24. The van der Waals surface area contributed by atoms with Gasteiger partial charge in [0.2, 0.25) is 0 Å². The largest absolute Gasteiger partial charge is 0.382 e. The van der Waals surface area contributed by atoms with E-state index in [4.69, 9.17) is 5.73 Å². The number of halogens is 3. The lowest BCUT2D eigenvalue weighted by molar-refractivity contribution is 1.10. The number of benzene rings is 2. The molecule has 3 aromatic rings. The standard InChI is InChI=1S/C15H10Br3N3/c16-9-3-1-2-8(6-9)13-14(20-21-15(13)19)11-7-10(17)4-5-12(11)18/h1-7H,(H3,19,20,21). The molecule has 106 valence electrons. The molecule has 1 aromatic heterocycles. The smallest absolute Gasteiger partial charge is 0.153 e. The van der Waals surface area contributed by atoms with Crippen molar-refractivity contribution in [3.8, 4) is 22.4 Å². The van der Waals surface area contributed by atoms with E-state index >= 15 is 0 Å². The van der Waals surface area contributed by atoms with Crippen LogP contribution in [0.1, 0.15) is 0 Å². The van der Waals surface area contributed by atoms with Gasteiger partial charge in [-0.05, 0) is 35.9 Å². The monoisotopic (exact) mass is 469 g/mol. The Labute approximate surface area is 147 Å². The molecule has 3 rings (SSSR count). The van der Waals surface area contributed by atoms with Gasteiger partial charge in [-0.3, -0.25) is 5.10 Å². The molecule has 0 amide bonds. The molecule has 0 aliphatic carbocycles. The molecular formula is C15H10Br3N3. The Kier molecular flexibility index (Phi) is 4.19. The van der Waals surface area contributed by atoms with Crippen LogP contribution in [0.5, 0.6) is 0 Å². The summed E-state index contributed by atoms with van der Waals surface area (Å²) in [5, 5.41) is 7.21. The minimum absolute atomic E-state index is 0.481. The molecule has 0 radical (unpaired) electrons. The van der Waals surface area contributed by atoms with Gasteiger partial charge in [-0.1, -0.05) is 59.9 Å². The minimum Gasteiger partial charge on any atom is -0.382 e. The van der Waals surface area contributed by atoms with Crippen molar-refractivity contribution >= 4 is 53.6 Å². The number of nitrogen functional groups attached to an aromatic ring is 1. The first-order chi connectivity index (χ1) is 10.1. The SMILES string of the molecule is Nc1n[nH]c(-c2cc(Br)ccc2Br)c1-c1cccc(Br)c1. The van der Waals surface area contributed by atoms with Crippen LogP contribution < -0.4 is 5.73 Å². The summed E-state index contributed by atoms with van der Waals surface area (Å²) in [6.45, 7) is 0. The quantitative estimate of drug-likeness (QED) is 0.510. The predicted molar refractivity (Wildman–Crippen MR) is 97.0 cm³/mol. The molecule has 0 aliphatic heterocycles. The highest BCUT2D eigenvalue weighted by Gasteiger charge is 2.17. The van der Waals surface area contributed by atoms with E-state index in [9.17, 15) is 0 Å². The Hall–Kier alpha value is -1.11. The van der Waals surface area contributed by atoms with Crippen LogP contribution in [0.15, 0.2) is 55.9 Å². The molecule has 0 saturated heterocycles. The molecular weight excluding hydrogens is 462 g/mol. The topological polar surface area (TPSA) is 54.7 Å². The Morgan fingerprint density at radius 2 is 1.71 bits per heavy atom. The molecule has 0 saturated carbocycles. The van der Waals surface area contributed by atoms with Crippen LogP contribution in [0.4, 0.5) is 5.82 Å². The van der Waals surface area contributed by atoms with Gasteiger partial charge < -0.3 is 5.73 Å². The molecule has 0 unspecified atom stereocenters. The number of nitrogens with zero attached hydrogens (tertiary/aromatic N) is 1. The number of nitrogens with two attached hydrogens (primary N) is 1. The number of rotatable bonds is 2. The summed E-state index contributed by atoms with van der Waals surface area (Å²) in [6.07, 6.45) is 0.